The second-order valence-corrected chi connectivity index (χ2v) is 46.3. The summed E-state index contributed by atoms with van der Waals surface area (Å²) in [5.41, 5.74) is 37.6. The van der Waals surface area contributed by atoms with Gasteiger partial charge in [-0.3, -0.25) is 0 Å². The Bertz CT molecular complexity index is 4610. The lowest BCUT2D eigenvalue weighted by atomic mass is 9.79. The molecule has 0 aliphatic rings. The van der Waals surface area contributed by atoms with E-state index >= 15 is 0 Å². The number of benzene rings is 9. The van der Waals surface area contributed by atoms with Crippen molar-refractivity contribution in [1.82, 2.24) is 0 Å². The third-order valence-electron chi connectivity index (χ3n) is 22.9. The fourth-order valence-corrected chi connectivity index (χ4v) is 15.3. The molecule has 9 rings (SSSR count). The summed E-state index contributed by atoms with van der Waals surface area (Å²) in [6.07, 6.45) is -1.83. The fraction of sp³-hybridized carbons (Fsp3) is 0.542. The zero-order valence-corrected chi connectivity index (χ0v) is 87.0. The summed E-state index contributed by atoms with van der Waals surface area (Å²) in [4.78, 5) is 0. The summed E-state index contributed by atoms with van der Waals surface area (Å²) in [5.74, 6) is 1.36. The lowest BCUT2D eigenvalue weighted by Gasteiger charge is -2.29. The highest BCUT2D eigenvalue weighted by molar-refractivity contribution is 5.43. The van der Waals surface area contributed by atoms with Gasteiger partial charge in [0.2, 0.25) is 0 Å². The van der Waals surface area contributed by atoms with Gasteiger partial charge in [0, 0.05) is 0 Å². The van der Waals surface area contributed by atoms with Gasteiger partial charge in [-0.2, -0.15) is 13.2 Å². The molecule has 0 atom stereocenters. The molecular weight excluding hydrogens is 1470 g/mol. The quantitative estimate of drug-likeness (QED) is 0.156. The van der Waals surface area contributed by atoms with Crippen LogP contribution in [0.15, 0.2) is 164 Å². The Morgan fingerprint density at radius 2 is 0.537 bits per heavy atom. The molecule has 0 bridgehead atoms. The summed E-state index contributed by atoms with van der Waals surface area (Å²) in [5, 5.41) is 0. The molecule has 3 heteroatoms. The first-order valence-electron chi connectivity index (χ1n) is 45.2. The molecule has 0 aliphatic carbocycles. The maximum Gasteiger partial charge on any atom is 0.394 e. The number of rotatable bonds is 6. The van der Waals surface area contributed by atoms with E-state index in [4.69, 9.17) is 0 Å². The first-order chi connectivity index (χ1) is 54.4. The average Bonchev–Trinajstić information content (AvgIpc) is 0.780. The van der Waals surface area contributed by atoms with Crippen LogP contribution in [0.3, 0.4) is 0 Å². The van der Waals surface area contributed by atoms with E-state index in [1.54, 1.807) is 6.07 Å². The van der Waals surface area contributed by atoms with Gasteiger partial charge in [-0.15, -0.1) is 0 Å². The van der Waals surface area contributed by atoms with E-state index in [1.807, 2.05) is 19.1 Å². The van der Waals surface area contributed by atoms with E-state index in [0.29, 0.717) is 11.3 Å². The Balaban J connectivity index is 0.000000685. The Hall–Kier alpha value is -7.23. The predicted molar refractivity (Wildman–Crippen MR) is 538 cm³/mol. The number of aryl methyl sites for hydroxylation is 13. The van der Waals surface area contributed by atoms with Crippen LogP contribution in [0.25, 0.3) is 0 Å². The molecule has 121 heavy (non-hydrogen) atoms. The Morgan fingerprint density at radius 3 is 0.860 bits per heavy atom. The molecule has 0 aliphatic heterocycles. The molecule has 9 aromatic rings. The topological polar surface area (TPSA) is 0 Å². The van der Waals surface area contributed by atoms with Crippen molar-refractivity contribution in [3.63, 3.8) is 0 Å². The molecule has 0 saturated heterocycles. The maximum atomic E-state index is 12.9. The summed E-state index contributed by atoms with van der Waals surface area (Å²) < 4.78 is 38.8. The van der Waals surface area contributed by atoms with Crippen molar-refractivity contribution < 1.29 is 13.2 Å². The van der Waals surface area contributed by atoms with Crippen LogP contribution in [0.1, 0.15) is 385 Å². The van der Waals surface area contributed by atoms with Gasteiger partial charge >= 0.3 is 6.18 Å². The lowest BCUT2D eigenvalue weighted by Crippen LogP contribution is -2.34. The summed E-state index contributed by atoms with van der Waals surface area (Å²) in [6, 6.07) is 59.3. The first kappa shape index (κ1) is 112. The van der Waals surface area contributed by atoms with Crippen molar-refractivity contribution in [2.45, 2.75) is 407 Å². The van der Waals surface area contributed by atoms with Crippen molar-refractivity contribution >= 4 is 0 Å². The smallest absolute Gasteiger partial charge is 0.171 e. The van der Waals surface area contributed by atoms with E-state index in [0.717, 1.165) is 29.0 Å². The molecule has 0 unspecified atom stereocenters. The van der Waals surface area contributed by atoms with E-state index in [1.165, 1.54) is 154 Å². The largest absolute Gasteiger partial charge is 0.394 e. The van der Waals surface area contributed by atoms with Crippen molar-refractivity contribution in [3.05, 3.63) is 314 Å². The fourth-order valence-electron chi connectivity index (χ4n) is 15.3. The molecule has 0 aromatic heterocycles. The van der Waals surface area contributed by atoms with E-state index in [-0.39, 0.29) is 49.7 Å². The van der Waals surface area contributed by atoms with Crippen molar-refractivity contribution in [2.24, 2.45) is 16.7 Å². The molecule has 0 radical (unpaired) electrons. The summed E-state index contributed by atoms with van der Waals surface area (Å²) in [6.45, 7) is 105. The molecule has 9 aromatic carbocycles. The van der Waals surface area contributed by atoms with Crippen molar-refractivity contribution in [3.8, 4) is 0 Å². The molecular formula is C118H179F3. The van der Waals surface area contributed by atoms with Crippen LogP contribution in [0.5, 0.6) is 0 Å². The summed E-state index contributed by atoms with van der Waals surface area (Å²) in [7, 11) is 0. The number of hydrogen-bond acceptors (Lipinski definition) is 0. The molecule has 0 amide bonds. The average molecular weight is 1650 g/mol. The van der Waals surface area contributed by atoms with Gasteiger partial charge in [0.1, 0.15) is 0 Å². The van der Waals surface area contributed by atoms with Crippen LogP contribution in [0, 0.1) is 121 Å². The molecule has 672 valence electrons. The monoisotopic (exact) mass is 1650 g/mol. The Labute approximate surface area is 746 Å². The van der Waals surface area contributed by atoms with Crippen LogP contribution >= 0.6 is 0 Å². The van der Waals surface area contributed by atoms with Gasteiger partial charge in [-0.25, -0.2) is 0 Å². The highest BCUT2D eigenvalue weighted by Crippen LogP contribution is 2.42. The predicted octanol–water partition coefficient (Wildman–Crippen LogP) is 36.2. The zero-order valence-electron chi connectivity index (χ0n) is 87.0. The zero-order chi connectivity index (χ0) is 94.5. The third kappa shape index (κ3) is 39.7. The normalized spacial score (nSPS) is 12.2. The number of hydrogen-bond donors (Lipinski definition) is 0. The minimum atomic E-state index is -4.18. The van der Waals surface area contributed by atoms with Crippen LogP contribution in [0.2, 0.25) is 0 Å². The minimum Gasteiger partial charge on any atom is -0.171 e. The number of alkyl halides is 3. The van der Waals surface area contributed by atoms with E-state index in [9.17, 15) is 13.2 Å². The molecule has 0 saturated carbocycles. The molecule has 0 spiro atoms. The second kappa shape index (κ2) is 45.6. The van der Waals surface area contributed by atoms with E-state index < -0.39 is 11.6 Å². The van der Waals surface area contributed by atoms with Gasteiger partial charge in [-0.1, -0.05) is 403 Å². The van der Waals surface area contributed by atoms with Gasteiger partial charge in [0.15, 0.2) is 0 Å². The van der Waals surface area contributed by atoms with Gasteiger partial charge in [0.05, 0.1) is 5.41 Å². The standard InChI is InChI=1S/C16H23F3.C16H26.2C15H24.C14H22.C12H18.C11H16.C10H14.C9H12/c1-11-7-8-12(9-13(11)14(2,3)4)10-15(5,6)16(17,18)19;1-12-8-9-13(11-15(2,3)4)10-14(12)16(5,6)7;1-11-8-9-12(14(2,3)4)10-13(11)15(5,6)7;1-11(2)9-13-8-7-12(3)14(10-13)15(4,5)6;1-10(2)12-8-7-11(3)13(9-12)14(4,5)6;1-9-6-7-10(2)11(8-9)12(3,4)5;1-9-7-5-6-8-10(9)11(2,3)4;1-7-5-8(2)10(4)9(3)6-7;1-7-5-4-6-8(2)9(7)3/h7-9H,10H2,1-6H3;8-10H,11H2,1-7H3;8-10H,1-7H3;7-8,10-11H,9H2,1-6H3;7-10H,1-6H3;6-8H,1-5H3;5-8H,1-4H3;5-6H,1-4H3;4-6H,1-3H3. The van der Waals surface area contributed by atoms with Crippen LogP contribution < -0.4 is 0 Å². The Morgan fingerprint density at radius 1 is 0.240 bits per heavy atom. The highest BCUT2D eigenvalue weighted by Gasteiger charge is 2.47. The van der Waals surface area contributed by atoms with Crippen LogP contribution in [-0.2, 0) is 62.6 Å². The Kier molecular flexibility index (Phi) is 42.1. The first-order valence-corrected chi connectivity index (χ1v) is 45.2. The van der Waals surface area contributed by atoms with E-state index in [2.05, 4.69) is 457 Å². The second-order valence-electron chi connectivity index (χ2n) is 46.3. The maximum absolute atomic E-state index is 12.9. The van der Waals surface area contributed by atoms with Gasteiger partial charge < -0.3 is 0 Å². The van der Waals surface area contributed by atoms with Crippen molar-refractivity contribution in [1.29, 1.82) is 0 Å². The van der Waals surface area contributed by atoms with Crippen LogP contribution in [0.4, 0.5) is 13.2 Å². The minimum absolute atomic E-state index is 0.0138. The molecule has 0 fully saturated rings. The highest BCUT2D eigenvalue weighted by atomic mass is 19.4. The molecule has 0 heterocycles. The van der Waals surface area contributed by atoms with Gasteiger partial charge in [0.25, 0.3) is 0 Å². The van der Waals surface area contributed by atoms with Gasteiger partial charge in [-0.05, 0) is 323 Å². The van der Waals surface area contributed by atoms with Crippen LogP contribution in [-0.4, -0.2) is 6.18 Å². The molecule has 0 nitrogen and oxygen atoms in total. The number of halogens is 3. The molecule has 0 N–H and O–H groups in total. The third-order valence-corrected chi connectivity index (χ3v) is 22.9. The lowest BCUT2D eigenvalue weighted by molar-refractivity contribution is -0.211. The summed E-state index contributed by atoms with van der Waals surface area (Å²) >= 11 is 0. The SMILES string of the molecule is Cc1cc(C)c(C)c(C)c1.Cc1ccc(C(C)(C)C)cc1C(C)(C)C.Cc1ccc(C(C)C)cc1C(C)(C)C.Cc1ccc(C)c(C(C)(C)C)c1.Cc1ccc(CC(C)(C)C(F)(F)F)cc1C(C)(C)C.Cc1ccc(CC(C)(C)C)cc1C(C)(C)C.Cc1ccc(CC(C)C)cc1C(C)(C)C.Cc1cccc(C)c1C.Cc1ccccc1C(C)(C)C. The van der Waals surface area contributed by atoms with Crippen molar-refractivity contribution in [2.75, 3.05) is 0 Å².